The largest absolute Gasteiger partial charge is 0.389 e. The van der Waals surface area contributed by atoms with E-state index in [4.69, 9.17) is 0 Å². The minimum absolute atomic E-state index is 0.0499. The van der Waals surface area contributed by atoms with Crippen molar-refractivity contribution in [1.82, 2.24) is 20.9 Å². The molecule has 3 unspecified atom stereocenters. The number of hydrogen-bond donors (Lipinski definition) is 4. The van der Waals surface area contributed by atoms with E-state index in [1.165, 1.54) is 31.4 Å². The monoisotopic (exact) mass is 612 g/mol. The van der Waals surface area contributed by atoms with E-state index in [1.807, 2.05) is 20.8 Å². The highest BCUT2D eigenvalue weighted by atomic mass is 19.1. The number of aryl methyl sites for hydroxylation is 1. The number of hydrogen-bond acceptors (Lipinski definition) is 5. The Morgan fingerprint density at radius 2 is 1.73 bits per heavy atom. The highest BCUT2D eigenvalue weighted by Crippen LogP contribution is 2.25. The molecule has 2 fully saturated rings. The van der Waals surface area contributed by atoms with Gasteiger partial charge in [-0.05, 0) is 126 Å². The quantitative estimate of drug-likeness (QED) is 0.252. The van der Waals surface area contributed by atoms with Crippen LogP contribution in [0.1, 0.15) is 97.1 Å². The zero-order valence-corrected chi connectivity index (χ0v) is 26.5. The number of benzene rings is 2. The maximum Gasteiger partial charge on any atom is 0.253 e. The van der Waals surface area contributed by atoms with Crippen LogP contribution >= 0.6 is 0 Å². The Labute approximate surface area is 261 Å². The van der Waals surface area contributed by atoms with E-state index >= 15 is 0 Å². The lowest BCUT2D eigenvalue weighted by molar-refractivity contribution is 0.0591. The van der Waals surface area contributed by atoms with E-state index in [9.17, 15) is 23.5 Å². The highest BCUT2D eigenvalue weighted by molar-refractivity contribution is 6.00. The Bertz CT molecular complexity index is 1220. The van der Waals surface area contributed by atoms with Gasteiger partial charge in [-0.1, -0.05) is 13.3 Å². The maximum atomic E-state index is 14.1. The number of aliphatic hydroxyl groups is 1. The Kier molecular flexibility index (Phi) is 12.7. The summed E-state index contributed by atoms with van der Waals surface area (Å²) in [5.41, 5.74) is 1.84. The molecule has 2 saturated heterocycles. The van der Waals surface area contributed by atoms with Crippen molar-refractivity contribution in [2.24, 2.45) is 5.92 Å². The molecule has 4 rings (SSSR count). The van der Waals surface area contributed by atoms with Crippen molar-refractivity contribution in [3.05, 3.63) is 70.3 Å². The predicted octanol–water partition coefficient (Wildman–Crippen LogP) is 5.14. The second kappa shape index (κ2) is 16.4. The molecule has 7 nitrogen and oxygen atoms in total. The van der Waals surface area contributed by atoms with E-state index in [-0.39, 0.29) is 18.4 Å². The Balaban J connectivity index is 1.47. The predicted molar refractivity (Wildman–Crippen MR) is 170 cm³/mol. The van der Waals surface area contributed by atoms with Crippen molar-refractivity contribution >= 4 is 11.8 Å². The van der Waals surface area contributed by atoms with Crippen LogP contribution in [0.5, 0.6) is 0 Å². The number of carbonyl (C=O) groups is 2. The first kappa shape index (κ1) is 34.0. The molecule has 2 aliphatic heterocycles. The summed E-state index contributed by atoms with van der Waals surface area (Å²) < 4.78 is 28.2. The van der Waals surface area contributed by atoms with Gasteiger partial charge >= 0.3 is 0 Å². The first-order chi connectivity index (χ1) is 21.2. The lowest BCUT2D eigenvalue weighted by atomic mass is 9.85. The van der Waals surface area contributed by atoms with Crippen LogP contribution in [0.4, 0.5) is 8.78 Å². The van der Waals surface area contributed by atoms with Crippen molar-refractivity contribution in [3.63, 3.8) is 0 Å². The minimum Gasteiger partial charge on any atom is -0.389 e. The molecule has 0 radical (unpaired) electrons. The summed E-state index contributed by atoms with van der Waals surface area (Å²) in [6.45, 7) is 8.83. The van der Waals surface area contributed by atoms with Crippen LogP contribution in [0.2, 0.25) is 0 Å². The molecule has 4 N–H and O–H groups in total. The van der Waals surface area contributed by atoms with Gasteiger partial charge in [-0.25, -0.2) is 8.78 Å². The van der Waals surface area contributed by atoms with Gasteiger partial charge in [-0.2, -0.15) is 0 Å². The Hall–Kier alpha value is -2.88. The average molecular weight is 613 g/mol. The summed E-state index contributed by atoms with van der Waals surface area (Å²) in [4.78, 5) is 28.5. The molecule has 2 amide bonds. The second-order valence-corrected chi connectivity index (χ2v) is 12.7. The summed E-state index contributed by atoms with van der Waals surface area (Å²) in [6, 6.07) is 7.84. The maximum absolute atomic E-state index is 14.1. The second-order valence-electron chi connectivity index (χ2n) is 12.7. The lowest BCUT2D eigenvalue weighted by Crippen LogP contribution is -2.56. The van der Waals surface area contributed by atoms with Crippen molar-refractivity contribution in [2.75, 3.05) is 26.2 Å². The molecule has 5 atom stereocenters. The molecule has 2 aromatic carbocycles. The van der Waals surface area contributed by atoms with E-state index in [1.54, 1.807) is 23.1 Å². The Morgan fingerprint density at radius 3 is 2.36 bits per heavy atom. The van der Waals surface area contributed by atoms with E-state index in [0.29, 0.717) is 41.7 Å². The zero-order chi connectivity index (χ0) is 31.6. The fourth-order valence-electron chi connectivity index (χ4n) is 6.75. The van der Waals surface area contributed by atoms with Crippen LogP contribution in [0.25, 0.3) is 0 Å². The number of piperidine rings is 2. The normalized spacial score (nSPS) is 21.8. The number of nitrogens with zero attached hydrogens (tertiary/aromatic N) is 1. The van der Waals surface area contributed by atoms with Crippen LogP contribution in [0.3, 0.4) is 0 Å². The first-order valence-electron chi connectivity index (χ1n) is 16.5. The third-order valence-corrected chi connectivity index (χ3v) is 9.16. The highest BCUT2D eigenvalue weighted by Gasteiger charge is 2.33. The van der Waals surface area contributed by atoms with Gasteiger partial charge < -0.3 is 26.0 Å². The fraction of sp³-hybridized carbons (Fsp3) is 0.600. The van der Waals surface area contributed by atoms with Gasteiger partial charge in [0.25, 0.3) is 11.8 Å². The van der Waals surface area contributed by atoms with Gasteiger partial charge in [0.2, 0.25) is 0 Å². The van der Waals surface area contributed by atoms with Gasteiger partial charge in [0, 0.05) is 42.4 Å². The van der Waals surface area contributed by atoms with Gasteiger partial charge in [0.15, 0.2) is 0 Å². The topological polar surface area (TPSA) is 93.7 Å². The number of rotatable bonds is 13. The van der Waals surface area contributed by atoms with Gasteiger partial charge in [-0.3, -0.25) is 9.59 Å². The summed E-state index contributed by atoms with van der Waals surface area (Å²) in [6.07, 6.45) is 7.63. The van der Waals surface area contributed by atoms with Gasteiger partial charge in [0.05, 0.1) is 12.1 Å². The first-order valence-corrected chi connectivity index (χ1v) is 16.5. The molecule has 0 aromatic heterocycles. The molecule has 2 heterocycles. The van der Waals surface area contributed by atoms with Crippen molar-refractivity contribution < 1.29 is 23.5 Å². The third kappa shape index (κ3) is 9.56. The van der Waals surface area contributed by atoms with Crippen molar-refractivity contribution in [2.45, 2.75) is 103 Å². The van der Waals surface area contributed by atoms with Crippen LogP contribution in [-0.4, -0.2) is 72.2 Å². The molecular formula is C35H50F2N4O3. The van der Waals surface area contributed by atoms with Gasteiger partial charge in [0.1, 0.15) is 11.6 Å². The van der Waals surface area contributed by atoms with E-state index < -0.39 is 29.7 Å². The molecule has 9 heteroatoms. The number of nitrogens with one attached hydrogen (secondary N) is 3. The average Bonchev–Trinajstić information content (AvgIpc) is 3.01. The number of amides is 2. The van der Waals surface area contributed by atoms with Crippen molar-refractivity contribution in [1.29, 1.82) is 0 Å². The van der Waals surface area contributed by atoms with Crippen LogP contribution in [0.15, 0.2) is 36.4 Å². The van der Waals surface area contributed by atoms with Crippen LogP contribution in [0, 0.1) is 24.5 Å². The molecule has 2 aromatic rings. The molecular weight excluding hydrogens is 562 g/mol. The Morgan fingerprint density at radius 1 is 0.977 bits per heavy atom. The molecule has 0 saturated carbocycles. The van der Waals surface area contributed by atoms with Crippen molar-refractivity contribution in [3.8, 4) is 0 Å². The molecule has 0 bridgehead atoms. The van der Waals surface area contributed by atoms with E-state index in [2.05, 4.69) is 16.0 Å². The lowest BCUT2D eigenvalue weighted by Gasteiger charge is -2.37. The molecule has 2 aliphatic rings. The summed E-state index contributed by atoms with van der Waals surface area (Å²) in [5.74, 6) is -1.48. The molecule has 0 aliphatic carbocycles. The SMILES string of the molecule is CCCN(CC)C(=O)c1cc(C)cc(C(=O)N[C@@H](Cc2cc(F)cc(F)c2)[C@H](O)C2CCC(CCC3CCCCN3)CN2)c1. The molecule has 44 heavy (non-hydrogen) atoms. The van der Waals surface area contributed by atoms with Gasteiger partial charge in [-0.15, -0.1) is 0 Å². The van der Waals surface area contributed by atoms with Crippen LogP contribution in [-0.2, 0) is 6.42 Å². The van der Waals surface area contributed by atoms with Crippen LogP contribution < -0.4 is 16.0 Å². The fourth-order valence-corrected chi connectivity index (χ4v) is 6.75. The smallest absolute Gasteiger partial charge is 0.253 e. The third-order valence-electron chi connectivity index (χ3n) is 9.16. The number of aliphatic hydroxyl groups excluding tert-OH is 1. The minimum atomic E-state index is -0.989. The summed E-state index contributed by atoms with van der Waals surface area (Å²) >= 11 is 0. The summed E-state index contributed by atoms with van der Waals surface area (Å²) in [7, 11) is 0. The molecule has 242 valence electrons. The number of carbonyl (C=O) groups excluding carboxylic acids is 2. The molecule has 0 spiro atoms. The zero-order valence-electron chi connectivity index (χ0n) is 26.5. The number of halogens is 2. The standard InChI is InChI=1S/C35H50F2N4O3/c1-4-14-41(5-2)35(44)27-16-23(3)15-26(20-27)34(43)40-32(19-25-17-28(36)21-29(37)18-25)33(42)31-12-10-24(22-39-31)9-11-30-8-6-7-13-38-30/h15-18,20-21,24,30-33,38-39,42H,4-14,19,22H2,1-3H3,(H,40,43)/t24?,30?,31?,32-,33+/m0/s1. The van der Waals surface area contributed by atoms with E-state index in [0.717, 1.165) is 56.8 Å². The summed E-state index contributed by atoms with van der Waals surface area (Å²) in [5, 5.41) is 21.6.